The average molecular weight is 385 g/mol. The number of rotatable bonds is 6. The summed E-state index contributed by atoms with van der Waals surface area (Å²) in [6.45, 7) is 2.35. The van der Waals surface area contributed by atoms with E-state index in [1.165, 1.54) is 12.1 Å². The molecule has 0 bridgehead atoms. The van der Waals surface area contributed by atoms with Crippen molar-refractivity contribution in [2.45, 2.75) is 13.3 Å². The normalized spacial score (nSPS) is 10.5. The molecule has 3 aromatic rings. The van der Waals surface area contributed by atoms with Crippen LogP contribution in [0.15, 0.2) is 54.6 Å². The van der Waals surface area contributed by atoms with Crippen molar-refractivity contribution in [3.8, 4) is 0 Å². The molecule has 0 aliphatic rings. The highest BCUT2D eigenvalue weighted by atomic mass is 35.5. The Balaban J connectivity index is 1.65. The molecule has 1 aromatic heterocycles. The van der Waals surface area contributed by atoms with Gasteiger partial charge in [-0.25, -0.2) is 14.4 Å². The summed E-state index contributed by atoms with van der Waals surface area (Å²) in [6.07, 6.45) is 0.679. The van der Waals surface area contributed by atoms with E-state index in [0.717, 1.165) is 5.56 Å². The van der Waals surface area contributed by atoms with E-state index in [1.807, 2.05) is 0 Å². The molecule has 2 N–H and O–H groups in total. The number of carbonyl (C=O) groups excluding carboxylic acids is 1. The summed E-state index contributed by atoms with van der Waals surface area (Å²) in [6, 6.07) is 14.9. The van der Waals surface area contributed by atoms with Crippen LogP contribution in [-0.4, -0.2) is 22.4 Å². The third-order valence-corrected chi connectivity index (χ3v) is 4.15. The number of carbonyl (C=O) groups is 1. The maximum atomic E-state index is 12.9. The maximum Gasteiger partial charge on any atom is 0.274 e. The van der Waals surface area contributed by atoms with E-state index in [9.17, 15) is 9.18 Å². The van der Waals surface area contributed by atoms with Gasteiger partial charge in [-0.15, -0.1) is 0 Å². The zero-order valence-corrected chi connectivity index (χ0v) is 15.4. The van der Waals surface area contributed by atoms with Crippen molar-refractivity contribution in [1.29, 1.82) is 0 Å². The van der Waals surface area contributed by atoms with E-state index < -0.39 is 0 Å². The molecular formula is C20H18ClFN4O. The highest BCUT2D eigenvalue weighted by Crippen LogP contribution is 2.21. The van der Waals surface area contributed by atoms with Crippen LogP contribution in [0.5, 0.6) is 0 Å². The first-order valence-corrected chi connectivity index (χ1v) is 8.79. The average Bonchev–Trinajstić information content (AvgIpc) is 2.65. The van der Waals surface area contributed by atoms with Gasteiger partial charge in [0.2, 0.25) is 5.95 Å². The molecule has 0 fully saturated rings. The highest BCUT2D eigenvalue weighted by Gasteiger charge is 2.12. The van der Waals surface area contributed by atoms with Gasteiger partial charge in [0.1, 0.15) is 11.5 Å². The number of hydrogen-bond donors (Lipinski definition) is 2. The van der Waals surface area contributed by atoms with Crippen LogP contribution in [0, 0.1) is 12.7 Å². The first-order chi connectivity index (χ1) is 13.0. The Morgan fingerprint density at radius 2 is 1.85 bits per heavy atom. The van der Waals surface area contributed by atoms with Crippen molar-refractivity contribution in [3.63, 3.8) is 0 Å². The molecule has 0 saturated heterocycles. The monoisotopic (exact) mass is 384 g/mol. The van der Waals surface area contributed by atoms with E-state index >= 15 is 0 Å². The van der Waals surface area contributed by atoms with Crippen LogP contribution in [0.3, 0.4) is 0 Å². The molecule has 27 heavy (non-hydrogen) atoms. The quantitative estimate of drug-likeness (QED) is 0.657. The van der Waals surface area contributed by atoms with Crippen molar-refractivity contribution < 1.29 is 9.18 Å². The second-order valence-electron chi connectivity index (χ2n) is 5.96. The second-order valence-corrected chi connectivity index (χ2v) is 6.36. The van der Waals surface area contributed by atoms with Gasteiger partial charge >= 0.3 is 0 Å². The summed E-state index contributed by atoms with van der Waals surface area (Å²) in [7, 11) is 0. The summed E-state index contributed by atoms with van der Waals surface area (Å²) in [5.74, 6) is -0.264. The first kappa shape index (κ1) is 18.8. The minimum absolute atomic E-state index is 0.242. The van der Waals surface area contributed by atoms with Gasteiger partial charge in [0, 0.05) is 12.2 Å². The minimum Gasteiger partial charge on any atom is -0.354 e. The summed E-state index contributed by atoms with van der Waals surface area (Å²) < 4.78 is 12.9. The van der Waals surface area contributed by atoms with Gasteiger partial charge in [-0.05, 0) is 49.2 Å². The lowest BCUT2D eigenvalue weighted by atomic mass is 10.1. The molecule has 0 radical (unpaired) electrons. The standard InChI is InChI=1S/C20H18ClFN4O/c1-13-12-18(19(27)25-17-5-3-2-4-16(17)21)26-20(24-13)23-11-10-14-6-8-15(22)9-7-14/h2-9,12H,10-11H2,1H3,(H,25,27)(H,23,24,26). The Kier molecular flexibility index (Phi) is 5.98. The fourth-order valence-corrected chi connectivity index (χ4v) is 2.67. The molecule has 1 amide bonds. The number of nitrogens with one attached hydrogen (secondary N) is 2. The molecule has 0 aliphatic carbocycles. The van der Waals surface area contributed by atoms with Crippen molar-refractivity contribution >= 4 is 29.1 Å². The van der Waals surface area contributed by atoms with E-state index in [1.54, 1.807) is 49.4 Å². The molecule has 3 rings (SSSR count). The fourth-order valence-electron chi connectivity index (χ4n) is 2.48. The topological polar surface area (TPSA) is 66.9 Å². The number of nitrogens with zero attached hydrogens (tertiary/aromatic N) is 2. The first-order valence-electron chi connectivity index (χ1n) is 8.41. The molecule has 0 spiro atoms. The predicted octanol–water partition coefficient (Wildman–Crippen LogP) is 4.48. The van der Waals surface area contributed by atoms with Gasteiger partial charge in [-0.2, -0.15) is 0 Å². The number of amides is 1. The molecule has 138 valence electrons. The Hall–Kier alpha value is -2.99. The SMILES string of the molecule is Cc1cc(C(=O)Nc2ccccc2Cl)nc(NCCc2ccc(F)cc2)n1. The predicted molar refractivity (Wildman–Crippen MR) is 105 cm³/mol. The van der Waals surface area contributed by atoms with Crippen LogP contribution in [0.25, 0.3) is 0 Å². The van der Waals surface area contributed by atoms with Gasteiger partial charge in [0.05, 0.1) is 10.7 Å². The Bertz CT molecular complexity index is 947. The molecular weight excluding hydrogens is 367 g/mol. The van der Waals surface area contributed by atoms with Gasteiger partial charge in [0.15, 0.2) is 0 Å². The Morgan fingerprint density at radius 1 is 1.11 bits per heavy atom. The van der Waals surface area contributed by atoms with Crippen molar-refractivity contribution in [2.75, 3.05) is 17.2 Å². The lowest BCUT2D eigenvalue weighted by Crippen LogP contribution is -2.17. The molecule has 0 aliphatic heterocycles. The molecule has 5 nitrogen and oxygen atoms in total. The summed E-state index contributed by atoms with van der Waals surface area (Å²) in [5, 5.41) is 6.29. The largest absolute Gasteiger partial charge is 0.354 e. The molecule has 0 saturated carbocycles. The Labute approximate surface area is 161 Å². The minimum atomic E-state index is -0.366. The zero-order chi connectivity index (χ0) is 19.2. The number of para-hydroxylation sites is 1. The lowest BCUT2D eigenvalue weighted by molar-refractivity contribution is 0.102. The van der Waals surface area contributed by atoms with Gasteiger partial charge in [-0.3, -0.25) is 4.79 Å². The van der Waals surface area contributed by atoms with Crippen LogP contribution in [0.2, 0.25) is 5.02 Å². The second kappa shape index (κ2) is 8.60. The van der Waals surface area contributed by atoms with E-state index in [-0.39, 0.29) is 17.4 Å². The number of aromatic nitrogens is 2. The van der Waals surface area contributed by atoms with Crippen LogP contribution in [0.4, 0.5) is 16.0 Å². The number of anilines is 2. The van der Waals surface area contributed by atoms with Crippen LogP contribution in [-0.2, 0) is 6.42 Å². The number of hydrogen-bond acceptors (Lipinski definition) is 4. The lowest BCUT2D eigenvalue weighted by Gasteiger charge is -2.10. The molecule has 7 heteroatoms. The summed E-state index contributed by atoms with van der Waals surface area (Å²) in [5.41, 5.74) is 2.42. The van der Waals surface area contributed by atoms with Crippen molar-refractivity contribution in [1.82, 2.24) is 9.97 Å². The third kappa shape index (κ3) is 5.24. The van der Waals surface area contributed by atoms with Gasteiger partial charge < -0.3 is 10.6 Å². The van der Waals surface area contributed by atoms with Crippen LogP contribution >= 0.6 is 11.6 Å². The number of halogens is 2. The van der Waals surface area contributed by atoms with Crippen LogP contribution in [0.1, 0.15) is 21.7 Å². The molecule has 2 aromatic carbocycles. The summed E-state index contributed by atoms with van der Waals surface area (Å²) >= 11 is 6.07. The van der Waals surface area contributed by atoms with E-state index in [0.29, 0.717) is 35.3 Å². The van der Waals surface area contributed by atoms with E-state index in [2.05, 4.69) is 20.6 Å². The maximum absolute atomic E-state index is 12.9. The molecule has 0 unspecified atom stereocenters. The highest BCUT2D eigenvalue weighted by molar-refractivity contribution is 6.33. The third-order valence-electron chi connectivity index (χ3n) is 3.82. The molecule has 1 heterocycles. The Morgan fingerprint density at radius 3 is 2.59 bits per heavy atom. The zero-order valence-electron chi connectivity index (χ0n) is 14.7. The fraction of sp³-hybridized carbons (Fsp3) is 0.150. The smallest absolute Gasteiger partial charge is 0.274 e. The van der Waals surface area contributed by atoms with Crippen LogP contribution < -0.4 is 10.6 Å². The number of aryl methyl sites for hydroxylation is 1. The van der Waals surface area contributed by atoms with Crippen molar-refractivity contribution in [3.05, 3.63) is 82.4 Å². The summed E-state index contributed by atoms with van der Waals surface area (Å²) in [4.78, 5) is 21.0. The van der Waals surface area contributed by atoms with Gasteiger partial charge in [-0.1, -0.05) is 35.9 Å². The van der Waals surface area contributed by atoms with E-state index in [4.69, 9.17) is 11.6 Å². The van der Waals surface area contributed by atoms with Gasteiger partial charge in [0.25, 0.3) is 5.91 Å². The molecule has 0 atom stereocenters. The van der Waals surface area contributed by atoms with Crippen molar-refractivity contribution in [2.24, 2.45) is 0 Å². The number of benzene rings is 2.